The topological polar surface area (TPSA) is 69.9 Å². The van der Waals surface area contributed by atoms with Gasteiger partial charge in [0.15, 0.2) is 0 Å². The number of anilines is 1. The number of aryl methyl sites for hydroxylation is 1. The Labute approximate surface area is 161 Å². The van der Waals surface area contributed by atoms with Gasteiger partial charge in [0, 0.05) is 50.4 Å². The van der Waals surface area contributed by atoms with Crippen LogP contribution < -0.4 is 10.6 Å². The van der Waals surface area contributed by atoms with Gasteiger partial charge in [-0.3, -0.25) is 14.5 Å². The summed E-state index contributed by atoms with van der Waals surface area (Å²) in [4.78, 5) is 31.6. The molecule has 0 bridgehead atoms. The van der Waals surface area contributed by atoms with Crippen molar-refractivity contribution in [2.45, 2.75) is 38.1 Å². The minimum Gasteiger partial charge on any atom is -0.340 e. The fourth-order valence-corrected chi connectivity index (χ4v) is 4.69. The first-order valence-corrected chi connectivity index (χ1v) is 10.3. The summed E-state index contributed by atoms with van der Waals surface area (Å²) in [5.74, 6) is 0.542. The summed E-state index contributed by atoms with van der Waals surface area (Å²) in [7, 11) is 0. The summed E-state index contributed by atoms with van der Waals surface area (Å²) in [5.41, 5.74) is 8.29. The lowest BCUT2D eigenvalue weighted by atomic mass is 10.0. The van der Waals surface area contributed by atoms with Crippen molar-refractivity contribution in [3.05, 3.63) is 29.8 Å². The van der Waals surface area contributed by atoms with Crippen LogP contribution in [0.15, 0.2) is 24.3 Å². The number of piperazine rings is 1. The van der Waals surface area contributed by atoms with Crippen LogP contribution in [-0.4, -0.2) is 66.9 Å². The van der Waals surface area contributed by atoms with E-state index in [0.717, 1.165) is 57.4 Å². The van der Waals surface area contributed by atoms with Gasteiger partial charge in [0.25, 0.3) is 0 Å². The van der Waals surface area contributed by atoms with Gasteiger partial charge < -0.3 is 15.5 Å². The highest BCUT2D eigenvalue weighted by molar-refractivity contribution is 5.96. The third-order valence-corrected chi connectivity index (χ3v) is 6.28. The third kappa shape index (κ3) is 4.01. The number of para-hydroxylation sites is 1. The van der Waals surface area contributed by atoms with E-state index in [4.69, 9.17) is 5.73 Å². The number of amides is 2. The van der Waals surface area contributed by atoms with Gasteiger partial charge in [-0.2, -0.15) is 0 Å². The summed E-state index contributed by atoms with van der Waals surface area (Å²) in [6.07, 6.45) is 4.78. The quantitative estimate of drug-likeness (QED) is 0.869. The van der Waals surface area contributed by atoms with Crippen LogP contribution in [0.3, 0.4) is 0 Å². The molecule has 2 unspecified atom stereocenters. The van der Waals surface area contributed by atoms with Crippen molar-refractivity contribution in [2.75, 3.05) is 44.2 Å². The molecule has 1 aromatic rings. The summed E-state index contributed by atoms with van der Waals surface area (Å²) >= 11 is 0. The van der Waals surface area contributed by atoms with Gasteiger partial charge in [-0.15, -0.1) is 0 Å². The Hall–Kier alpha value is -1.92. The number of carbonyl (C=O) groups excluding carboxylic acids is 2. The van der Waals surface area contributed by atoms with Crippen molar-refractivity contribution in [2.24, 2.45) is 11.7 Å². The lowest BCUT2D eigenvalue weighted by molar-refractivity contribution is -0.137. The minimum atomic E-state index is 0.109. The van der Waals surface area contributed by atoms with Crippen molar-refractivity contribution in [3.8, 4) is 0 Å². The van der Waals surface area contributed by atoms with Gasteiger partial charge in [0.1, 0.15) is 0 Å². The molecule has 27 heavy (non-hydrogen) atoms. The van der Waals surface area contributed by atoms with Crippen molar-refractivity contribution in [1.29, 1.82) is 0 Å². The molecule has 1 saturated carbocycles. The normalized spacial score (nSPS) is 26.1. The zero-order valence-corrected chi connectivity index (χ0v) is 16.0. The standard InChI is InChI=1S/C21H30N4O2/c22-18-8-7-17(14-18)21(27)24-12-10-23(11-13-24)15-20(26)25-9-3-5-16-4-1-2-6-19(16)25/h1-2,4,6,17-18H,3,5,7-15,22H2. The second-order valence-electron chi connectivity index (χ2n) is 8.15. The smallest absolute Gasteiger partial charge is 0.241 e. The number of nitrogens with zero attached hydrogens (tertiary/aromatic N) is 3. The first kappa shape index (κ1) is 18.4. The highest BCUT2D eigenvalue weighted by atomic mass is 16.2. The minimum absolute atomic E-state index is 0.109. The molecule has 2 aliphatic heterocycles. The van der Waals surface area contributed by atoms with Crippen LogP contribution in [0.2, 0.25) is 0 Å². The molecule has 0 radical (unpaired) electrons. The highest BCUT2D eigenvalue weighted by Gasteiger charge is 2.33. The lowest BCUT2D eigenvalue weighted by Gasteiger charge is -2.37. The fraction of sp³-hybridized carbons (Fsp3) is 0.619. The zero-order chi connectivity index (χ0) is 18.8. The number of benzene rings is 1. The zero-order valence-electron chi connectivity index (χ0n) is 16.0. The first-order valence-electron chi connectivity index (χ1n) is 10.3. The first-order chi connectivity index (χ1) is 13.1. The van der Waals surface area contributed by atoms with Crippen LogP contribution in [0.1, 0.15) is 31.2 Å². The van der Waals surface area contributed by atoms with E-state index < -0.39 is 0 Å². The molecular formula is C21H30N4O2. The van der Waals surface area contributed by atoms with Gasteiger partial charge >= 0.3 is 0 Å². The molecule has 1 aromatic carbocycles. The molecule has 2 atom stereocenters. The number of rotatable bonds is 3. The molecule has 6 heteroatoms. The van der Waals surface area contributed by atoms with Crippen LogP contribution in [-0.2, 0) is 16.0 Å². The van der Waals surface area contributed by atoms with Gasteiger partial charge in [-0.1, -0.05) is 18.2 Å². The van der Waals surface area contributed by atoms with Crippen molar-refractivity contribution in [1.82, 2.24) is 9.80 Å². The van der Waals surface area contributed by atoms with Crippen molar-refractivity contribution < 1.29 is 9.59 Å². The molecule has 146 valence electrons. The molecular weight excluding hydrogens is 340 g/mol. The maximum atomic E-state index is 12.9. The second-order valence-corrected chi connectivity index (χ2v) is 8.15. The number of nitrogens with two attached hydrogens (primary N) is 1. The molecule has 2 fully saturated rings. The summed E-state index contributed by atoms with van der Waals surface area (Å²) in [6.45, 7) is 4.21. The monoisotopic (exact) mass is 370 g/mol. The number of carbonyl (C=O) groups is 2. The van der Waals surface area contributed by atoms with E-state index >= 15 is 0 Å². The SMILES string of the molecule is NC1CCC(C(=O)N2CCN(CC(=O)N3CCCc4ccccc43)CC2)C1. The molecule has 6 nitrogen and oxygen atoms in total. The number of hydrogen-bond acceptors (Lipinski definition) is 4. The number of hydrogen-bond donors (Lipinski definition) is 1. The molecule has 0 spiro atoms. The molecule has 1 saturated heterocycles. The largest absolute Gasteiger partial charge is 0.340 e. The Balaban J connectivity index is 1.29. The average molecular weight is 370 g/mol. The third-order valence-electron chi connectivity index (χ3n) is 6.28. The fourth-order valence-electron chi connectivity index (χ4n) is 4.69. The summed E-state index contributed by atoms with van der Waals surface area (Å²) < 4.78 is 0. The van der Waals surface area contributed by atoms with E-state index in [1.54, 1.807) is 0 Å². The Morgan fingerprint density at radius 2 is 1.81 bits per heavy atom. The van der Waals surface area contributed by atoms with Gasteiger partial charge in [0.05, 0.1) is 6.54 Å². The maximum Gasteiger partial charge on any atom is 0.241 e. The Morgan fingerprint density at radius 1 is 1.04 bits per heavy atom. The Bertz CT molecular complexity index is 699. The lowest BCUT2D eigenvalue weighted by Crippen LogP contribution is -2.53. The van der Waals surface area contributed by atoms with Crippen LogP contribution >= 0.6 is 0 Å². The van der Waals surface area contributed by atoms with E-state index in [1.807, 2.05) is 21.9 Å². The highest BCUT2D eigenvalue weighted by Crippen LogP contribution is 2.28. The predicted octanol–water partition coefficient (Wildman–Crippen LogP) is 1.24. The Morgan fingerprint density at radius 3 is 2.56 bits per heavy atom. The van der Waals surface area contributed by atoms with Crippen molar-refractivity contribution in [3.63, 3.8) is 0 Å². The molecule has 2 amide bonds. The van der Waals surface area contributed by atoms with E-state index in [2.05, 4.69) is 17.0 Å². The van der Waals surface area contributed by atoms with Crippen LogP contribution in [0.25, 0.3) is 0 Å². The van der Waals surface area contributed by atoms with Crippen LogP contribution in [0.5, 0.6) is 0 Å². The van der Waals surface area contributed by atoms with Crippen LogP contribution in [0.4, 0.5) is 5.69 Å². The van der Waals surface area contributed by atoms with Gasteiger partial charge in [0.2, 0.25) is 11.8 Å². The summed E-state index contributed by atoms with van der Waals surface area (Å²) in [5, 5.41) is 0. The molecule has 0 aromatic heterocycles. The Kier molecular flexibility index (Phi) is 5.45. The van der Waals surface area contributed by atoms with Gasteiger partial charge in [-0.05, 0) is 43.7 Å². The molecule has 2 N–H and O–H groups in total. The molecule has 4 rings (SSSR count). The van der Waals surface area contributed by atoms with Crippen LogP contribution in [0, 0.1) is 5.92 Å². The molecule has 1 aliphatic carbocycles. The van der Waals surface area contributed by atoms with E-state index in [1.165, 1.54) is 5.56 Å². The van der Waals surface area contributed by atoms with E-state index in [-0.39, 0.29) is 23.8 Å². The molecule has 2 heterocycles. The summed E-state index contributed by atoms with van der Waals surface area (Å²) in [6, 6.07) is 8.40. The van der Waals surface area contributed by atoms with E-state index in [0.29, 0.717) is 19.6 Å². The average Bonchev–Trinajstić information content (AvgIpc) is 3.14. The molecule has 3 aliphatic rings. The van der Waals surface area contributed by atoms with E-state index in [9.17, 15) is 9.59 Å². The van der Waals surface area contributed by atoms with Gasteiger partial charge in [-0.25, -0.2) is 0 Å². The maximum absolute atomic E-state index is 12.9. The predicted molar refractivity (Wildman–Crippen MR) is 105 cm³/mol. The second kappa shape index (κ2) is 7.98. The van der Waals surface area contributed by atoms with Crippen molar-refractivity contribution >= 4 is 17.5 Å². The number of fused-ring (bicyclic) bond motifs is 1.